The minimum Gasteiger partial charge on any atom is -0.352 e. The van der Waals surface area contributed by atoms with E-state index in [1.807, 2.05) is 11.4 Å². The van der Waals surface area contributed by atoms with E-state index in [-0.39, 0.29) is 12.1 Å². The number of hydrogen-bond acceptors (Lipinski definition) is 4. The Morgan fingerprint density at radius 1 is 1.36 bits per heavy atom. The van der Waals surface area contributed by atoms with Gasteiger partial charge in [0, 0.05) is 11.3 Å². The predicted molar refractivity (Wildman–Crippen MR) is 90.8 cm³/mol. The van der Waals surface area contributed by atoms with Crippen LogP contribution in [0.15, 0.2) is 17.5 Å². The fraction of sp³-hybridized carbons (Fsp3) is 0.438. The van der Waals surface area contributed by atoms with Gasteiger partial charge in [-0.15, -0.1) is 22.7 Å². The Balaban J connectivity index is 1.67. The first kappa shape index (κ1) is 14.2. The molecule has 0 aliphatic carbocycles. The van der Waals surface area contributed by atoms with Crippen LogP contribution in [0.2, 0.25) is 0 Å². The zero-order chi connectivity index (χ0) is 15.3. The molecule has 0 fully saturated rings. The normalized spacial score (nSPS) is 23.7. The van der Waals surface area contributed by atoms with Gasteiger partial charge in [0.05, 0.1) is 23.0 Å². The Kier molecular flexibility index (Phi) is 3.47. The molecule has 6 heteroatoms. The van der Waals surface area contributed by atoms with Gasteiger partial charge in [-0.3, -0.25) is 4.79 Å². The highest BCUT2D eigenvalue weighted by Gasteiger charge is 2.35. The van der Waals surface area contributed by atoms with Gasteiger partial charge in [-0.05, 0) is 30.9 Å². The maximum atomic E-state index is 12.6. The molecular formula is C16H20N3OS2+. The number of quaternary nitrogens is 1. The lowest BCUT2D eigenvalue weighted by atomic mass is 10.0. The maximum Gasteiger partial charge on any atom is 0.256 e. The summed E-state index contributed by atoms with van der Waals surface area (Å²) >= 11 is 3.44. The fourth-order valence-electron chi connectivity index (χ4n) is 3.30. The molecule has 0 saturated carbocycles. The summed E-state index contributed by atoms with van der Waals surface area (Å²) in [5.74, 6) is 0.0812. The van der Waals surface area contributed by atoms with Crippen molar-refractivity contribution in [2.75, 3.05) is 11.9 Å². The second-order valence-electron chi connectivity index (χ2n) is 6.26. The third kappa shape index (κ3) is 2.26. The van der Waals surface area contributed by atoms with Gasteiger partial charge in [-0.2, -0.15) is 0 Å². The number of anilines is 1. The average molecular weight is 334 g/mol. The van der Waals surface area contributed by atoms with E-state index in [0.29, 0.717) is 6.04 Å². The first-order valence-electron chi connectivity index (χ1n) is 7.73. The second-order valence-corrected chi connectivity index (χ2v) is 8.35. The van der Waals surface area contributed by atoms with Crippen molar-refractivity contribution in [3.63, 3.8) is 0 Å². The van der Waals surface area contributed by atoms with E-state index in [1.165, 1.54) is 10.4 Å². The van der Waals surface area contributed by atoms with Crippen LogP contribution in [0.3, 0.4) is 0 Å². The molecule has 22 heavy (non-hydrogen) atoms. The lowest BCUT2D eigenvalue weighted by Crippen LogP contribution is -3.14. The van der Waals surface area contributed by atoms with E-state index in [1.54, 1.807) is 27.6 Å². The van der Waals surface area contributed by atoms with Crippen molar-refractivity contribution in [3.05, 3.63) is 38.4 Å². The Bertz CT molecular complexity index is 705. The van der Waals surface area contributed by atoms with Crippen LogP contribution in [0.1, 0.15) is 45.7 Å². The van der Waals surface area contributed by atoms with E-state index < -0.39 is 0 Å². The molecule has 2 atom stereocenters. The zero-order valence-electron chi connectivity index (χ0n) is 12.7. The van der Waals surface area contributed by atoms with E-state index >= 15 is 0 Å². The van der Waals surface area contributed by atoms with Gasteiger partial charge in [-0.1, -0.05) is 6.07 Å². The van der Waals surface area contributed by atoms with E-state index in [4.69, 9.17) is 0 Å². The van der Waals surface area contributed by atoms with Crippen LogP contribution in [-0.4, -0.2) is 18.5 Å². The molecule has 1 amide bonds. The summed E-state index contributed by atoms with van der Waals surface area (Å²) in [6, 6.07) is 4.71. The highest BCUT2D eigenvalue weighted by atomic mass is 32.1. The molecule has 1 unspecified atom stereocenters. The van der Waals surface area contributed by atoms with Gasteiger partial charge < -0.3 is 15.5 Å². The minimum absolute atomic E-state index is 0.0812. The lowest BCUT2D eigenvalue weighted by molar-refractivity contribution is -0.936. The van der Waals surface area contributed by atoms with Crippen LogP contribution in [0.5, 0.6) is 0 Å². The smallest absolute Gasteiger partial charge is 0.256 e. The summed E-state index contributed by atoms with van der Waals surface area (Å²) in [7, 11) is 0. The van der Waals surface area contributed by atoms with E-state index in [0.717, 1.165) is 35.0 Å². The largest absolute Gasteiger partial charge is 0.352 e. The first-order valence-corrected chi connectivity index (χ1v) is 9.43. The molecule has 4 heterocycles. The van der Waals surface area contributed by atoms with Gasteiger partial charge in [0.15, 0.2) is 0 Å². The van der Waals surface area contributed by atoms with Gasteiger partial charge in [0.1, 0.15) is 17.7 Å². The van der Waals surface area contributed by atoms with Gasteiger partial charge >= 0.3 is 0 Å². The Hall–Kier alpha value is -1.37. The maximum absolute atomic E-state index is 12.6. The molecule has 4 nitrogen and oxygen atoms in total. The molecule has 4 rings (SSSR count). The van der Waals surface area contributed by atoms with Crippen molar-refractivity contribution in [2.45, 2.75) is 39.0 Å². The summed E-state index contributed by atoms with van der Waals surface area (Å²) in [6.07, 6.45) is 0.918. The number of carbonyl (C=O) groups excluding carboxylic acids is 1. The van der Waals surface area contributed by atoms with Gasteiger partial charge in [0.25, 0.3) is 5.91 Å². The van der Waals surface area contributed by atoms with Crippen molar-refractivity contribution < 1.29 is 9.69 Å². The van der Waals surface area contributed by atoms with Gasteiger partial charge in [-0.25, -0.2) is 0 Å². The van der Waals surface area contributed by atoms with Crippen LogP contribution in [0, 0.1) is 0 Å². The topological polar surface area (TPSA) is 45.6 Å². The molecule has 0 bridgehead atoms. The molecule has 2 aromatic heterocycles. The van der Waals surface area contributed by atoms with Crippen LogP contribution >= 0.6 is 22.7 Å². The molecular weight excluding hydrogens is 314 g/mol. The summed E-state index contributed by atoms with van der Waals surface area (Å²) in [6.45, 7) is 6.70. The molecule has 0 radical (unpaired) electrons. The fourth-order valence-corrected chi connectivity index (χ4v) is 5.35. The summed E-state index contributed by atoms with van der Waals surface area (Å²) in [4.78, 5) is 16.7. The Morgan fingerprint density at radius 2 is 2.23 bits per heavy atom. The standard InChI is InChI=1S/C16H19N3OS2/c1-9(2)19-6-5-10-12(8-19)22-16-13(10)15(20)17-14(18-16)11-4-3-7-21-11/h3-4,7,9,14,18H,5-6,8H2,1-2H3,(H,17,20)/p+1/t14-/m0/s1. The van der Waals surface area contributed by atoms with E-state index in [2.05, 4.69) is 30.5 Å². The monoisotopic (exact) mass is 334 g/mol. The first-order chi connectivity index (χ1) is 10.6. The molecule has 2 aliphatic rings. The number of thiophene rings is 2. The van der Waals surface area contributed by atoms with Crippen molar-refractivity contribution in [1.82, 2.24) is 5.32 Å². The molecule has 0 spiro atoms. The lowest BCUT2D eigenvalue weighted by Gasteiger charge is -2.28. The molecule has 2 aromatic rings. The number of rotatable bonds is 2. The Labute approximate surface area is 138 Å². The molecule has 2 aliphatic heterocycles. The predicted octanol–water partition coefficient (Wildman–Crippen LogP) is 2.01. The summed E-state index contributed by atoms with van der Waals surface area (Å²) in [5.41, 5.74) is 2.18. The van der Waals surface area contributed by atoms with Crippen molar-refractivity contribution >= 4 is 33.6 Å². The second kappa shape index (κ2) is 5.37. The van der Waals surface area contributed by atoms with E-state index in [9.17, 15) is 4.79 Å². The molecule has 0 saturated heterocycles. The van der Waals surface area contributed by atoms with Crippen LogP contribution in [0.25, 0.3) is 0 Å². The SMILES string of the molecule is CC(C)[NH+]1CCc2c(sc3c2C(=O)N[C@H](c2cccs2)N3)C1. The number of amides is 1. The van der Waals surface area contributed by atoms with Crippen LogP contribution in [-0.2, 0) is 13.0 Å². The average Bonchev–Trinajstić information content (AvgIpc) is 3.13. The van der Waals surface area contributed by atoms with Crippen LogP contribution < -0.4 is 15.5 Å². The van der Waals surface area contributed by atoms with Crippen molar-refractivity contribution in [1.29, 1.82) is 0 Å². The minimum atomic E-state index is -0.0892. The summed E-state index contributed by atoms with van der Waals surface area (Å²) in [5, 5.41) is 9.72. The molecule has 116 valence electrons. The number of fused-ring (bicyclic) bond motifs is 3. The third-order valence-electron chi connectivity index (χ3n) is 4.60. The number of hydrogen-bond donors (Lipinski definition) is 3. The van der Waals surface area contributed by atoms with Crippen molar-refractivity contribution in [2.24, 2.45) is 0 Å². The highest BCUT2D eigenvalue weighted by molar-refractivity contribution is 7.16. The zero-order valence-corrected chi connectivity index (χ0v) is 14.4. The van der Waals surface area contributed by atoms with Crippen LogP contribution in [0.4, 0.5) is 5.00 Å². The number of carbonyl (C=O) groups is 1. The van der Waals surface area contributed by atoms with Crippen molar-refractivity contribution in [3.8, 4) is 0 Å². The summed E-state index contributed by atoms with van der Waals surface area (Å²) < 4.78 is 0. The quantitative estimate of drug-likeness (QED) is 0.787. The Morgan fingerprint density at radius 3 is 2.95 bits per heavy atom. The molecule has 0 aromatic carbocycles. The third-order valence-corrected chi connectivity index (χ3v) is 6.70. The number of nitrogens with one attached hydrogen (secondary N) is 3. The highest BCUT2D eigenvalue weighted by Crippen LogP contribution is 2.39. The molecule has 3 N–H and O–H groups in total. The van der Waals surface area contributed by atoms with Gasteiger partial charge in [0.2, 0.25) is 0 Å².